The number of carboxylic acids is 1. The second-order valence-electron chi connectivity index (χ2n) is 5.55. The molecular formula is C18H16ClNO2S. The normalized spacial score (nSPS) is 12.5. The molecule has 1 aromatic carbocycles. The summed E-state index contributed by atoms with van der Waals surface area (Å²) in [5.74, 6) is -0.556. The van der Waals surface area contributed by atoms with Gasteiger partial charge in [-0.05, 0) is 48.2 Å². The standard InChI is InChI=1S/C18H16ClNO2S/c1-3-10(2)11-4-5-14-12(8-11)13(18(21)22)9-15(20-14)16-6-7-17(19)23-16/h4-10H,3H2,1-2H3,(H,21,22). The van der Waals surface area contributed by atoms with Gasteiger partial charge in [0, 0.05) is 5.39 Å². The van der Waals surface area contributed by atoms with E-state index in [1.165, 1.54) is 11.3 Å². The van der Waals surface area contributed by atoms with E-state index in [-0.39, 0.29) is 5.56 Å². The molecule has 5 heteroatoms. The summed E-state index contributed by atoms with van der Waals surface area (Å²) in [6.45, 7) is 4.26. The van der Waals surface area contributed by atoms with Crippen LogP contribution in [0.15, 0.2) is 36.4 Å². The summed E-state index contributed by atoms with van der Waals surface area (Å²) in [4.78, 5) is 17.2. The molecule has 0 saturated carbocycles. The number of aromatic nitrogens is 1. The van der Waals surface area contributed by atoms with Crippen molar-refractivity contribution < 1.29 is 9.90 Å². The zero-order valence-electron chi connectivity index (χ0n) is 12.8. The number of pyridine rings is 1. The Hall–Kier alpha value is -1.91. The first-order valence-corrected chi connectivity index (χ1v) is 8.62. The second kappa shape index (κ2) is 6.30. The number of carboxylic acid groups (broad SMARTS) is 1. The van der Waals surface area contributed by atoms with Crippen molar-refractivity contribution in [3.8, 4) is 10.6 Å². The molecule has 2 aromatic heterocycles. The maximum Gasteiger partial charge on any atom is 0.336 e. The molecule has 0 aliphatic heterocycles. The first-order chi connectivity index (χ1) is 11.0. The highest BCUT2D eigenvalue weighted by molar-refractivity contribution is 7.19. The van der Waals surface area contributed by atoms with E-state index >= 15 is 0 Å². The van der Waals surface area contributed by atoms with Crippen molar-refractivity contribution in [2.45, 2.75) is 26.2 Å². The monoisotopic (exact) mass is 345 g/mol. The molecule has 3 rings (SSSR count). The molecule has 1 atom stereocenters. The lowest BCUT2D eigenvalue weighted by Gasteiger charge is -2.12. The highest BCUT2D eigenvalue weighted by Gasteiger charge is 2.15. The SMILES string of the molecule is CCC(C)c1ccc2nc(-c3ccc(Cl)s3)cc(C(=O)O)c2c1. The Kier molecular flexibility index (Phi) is 4.37. The van der Waals surface area contributed by atoms with Crippen LogP contribution in [-0.2, 0) is 0 Å². The fourth-order valence-corrected chi connectivity index (χ4v) is 3.54. The Morgan fingerprint density at radius 2 is 2.09 bits per heavy atom. The molecule has 0 bridgehead atoms. The number of halogens is 1. The zero-order chi connectivity index (χ0) is 16.6. The Bertz CT molecular complexity index is 888. The Morgan fingerprint density at radius 3 is 2.70 bits per heavy atom. The van der Waals surface area contributed by atoms with Gasteiger partial charge in [-0.3, -0.25) is 0 Å². The van der Waals surface area contributed by atoms with Gasteiger partial charge >= 0.3 is 5.97 Å². The predicted octanol–water partition coefficient (Wildman–Crippen LogP) is 5.83. The lowest BCUT2D eigenvalue weighted by molar-refractivity contribution is 0.0699. The predicted molar refractivity (Wildman–Crippen MR) is 95.7 cm³/mol. The molecule has 0 spiro atoms. The van der Waals surface area contributed by atoms with Gasteiger partial charge in [0.15, 0.2) is 0 Å². The highest BCUT2D eigenvalue weighted by atomic mass is 35.5. The van der Waals surface area contributed by atoms with E-state index in [9.17, 15) is 9.90 Å². The molecule has 3 nitrogen and oxygen atoms in total. The van der Waals surface area contributed by atoms with Gasteiger partial charge in [0.05, 0.1) is 26.0 Å². The van der Waals surface area contributed by atoms with Crippen LogP contribution in [0.25, 0.3) is 21.5 Å². The van der Waals surface area contributed by atoms with Crippen LogP contribution in [0.2, 0.25) is 4.34 Å². The molecule has 23 heavy (non-hydrogen) atoms. The van der Waals surface area contributed by atoms with Crippen molar-refractivity contribution in [1.29, 1.82) is 0 Å². The van der Waals surface area contributed by atoms with E-state index < -0.39 is 5.97 Å². The molecule has 2 heterocycles. The summed E-state index contributed by atoms with van der Waals surface area (Å²) < 4.78 is 0.658. The van der Waals surface area contributed by atoms with Gasteiger partial charge in [-0.15, -0.1) is 11.3 Å². The van der Waals surface area contributed by atoms with Crippen molar-refractivity contribution in [2.75, 3.05) is 0 Å². The van der Waals surface area contributed by atoms with Crippen molar-refractivity contribution in [3.05, 3.63) is 51.9 Å². The van der Waals surface area contributed by atoms with Crippen molar-refractivity contribution in [3.63, 3.8) is 0 Å². The fraction of sp³-hybridized carbons (Fsp3) is 0.222. The Morgan fingerprint density at radius 1 is 1.30 bits per heavy atom. The number of hydrogen-bond donors (Lipinski definition) is 1. The number of nitrogens with zero attached hydrogens (tertiary/aromatic N) is 1. The lowest BCUT2D eigenvalue weighted by Crippen LogP contribution is -2.01. The smallest absolute Gasteiger partial charge is 0.336 e. The summed E-state index contributed by atoms with van der Waals surface area (Å²) >= 11 is 7.37. The van der Waals surface area contributed by atoms with Crippen molar-refractivity contribution >= 4 is 39.8 Å². The fourth-order valence-electron chi connectivity index (χ4n) is 2.54. The first kappa shape index (κ1) is 16.0. The summed E-state index contributed by atoms with van der Waals surface area (Å²) in [7, 11) is 0. The van der Waals surface area contributed by atoms with Gasteiger partial charge in [0.1, 0.15) is 0 Å². The third kappa shape index (κ3) is 3.09. The van der Waals surface area contributed by atoms with Gasteiger partial charge in [0.25, 0.3) is 0 Å². The van der Waals surface area contributed by atoms with Crippen LogP contribution in [0.1, 0.15) is 42.1 Å². The van der Waals surface area contributed by atoms with Gasteiger partial charge < -0.3 is 5.11 Å². The lowest BCUT2D eigenvalue weighted by atomic mass is 9.95. The number of hydrogen-bond acceptors (Lipinski definition) is 3. The molecule has 0 fully saturated rings. The zero-order valence-corrected chi connectivity index (χ0v) is 14.4. The number of rotatable bonds is 4. The average Bonchev–Trinajstić information content (AvgIpc) is 2.98. The Labute approximate surface area is 143 Å². The van der Waals surface area contributed by atoms with Crippen LogP contribution in [0.3, 0.4) is 0 Å². The number of benzene rings is 1. The second-order valence-corrected chi connectivity index (χ2v) is 7.26. The van der Waals surface area contributed by atoms with E-state index in [1.54, 1.807) is 12.1 Å². The van der Waals surface area contributed by atoms with Gasteiger partial charge in [-0.25, -0.2) is 9.78 Å². The van der Waals surface area contributed by atoms with E-state index in [2.05, 4.69) is 18.8 Å². The molecule has 0 aliphatic carbocycles. The van der Waals surface area contributed by atoms with E-state index in [0.29, 0.717) is 26.9 Å². The van der Waals surface area contributed by atoms with Crippen LogP contribution in [-0.4, -0.2) is 16.1 Å². The maximum absolute atomic E-state index is 11.7. The summed E-state index contributed by atoms with van der Waals surface area (Å²) in [6.07, 6.45) is 1.01. The molecule has 0 amide bonds. The van der Waals surface area contributed by atoms with Crippen molar-refractivity contribution in [2.24, 2.45) is 0 Å². The minimum Gasteiger partial charge on any atom is -0.478 e. The average molecular weight is 346 g/mol. The summed E-state index contributed by atoms with van der Waals surface area (Å²) in [5.41, 5.74) is 2.75. The van der Waals surface area contributed by atoms with Crippen molar-refractivity contribution in [1.82, 2.24) is 4.98 Å². The molecule has 1 unspecified atom stereocenters. The summed E-state index contributed by atoms with van der Waals surface area (Å²) in [5, 5.41) is 10.3. The van der Waals surface area contributed by atoms with Gasteiger partial charge in [0.2, 0.25) is 0 Å². The molecule has 118 valence electrons. The number of fused-ring (bicyclic) bond motifs is 1. The quantitative estimate of drug-likeness (QED) is 0.647. The van der Waals surface area contributed by atoms with E-state index in [0.717, 1.165) is 16.9 Å². The Balaban J connectivity index is 2.23. The topological polar surface area (TPSA) is 50.2 Å². The molecule has 1 N–H and O–H groups in total. The third-order valence-corrected chi connectivity index (χ3v) is 5.32. The molecule has 0 saturated heterocycles. The van der Waals surface area contributed by atoms with Crippen LogP contribution >= 0.6 is 22.9 Å². The molecule has 0 aliphatic rings. The molecule has 3 aromatic rings. The van der Waals surface area contributed by atoms with Crippen LogP contribution in [0.5, 0.6) is 0 Å². The highest BCUT2D eigenvalue weighted by Crippen LogP contribution is 2.33. The maximum atomic E-state index is 11.7. The van der Waals surface area contributed by atoms with E-state index in [1.807, 2.05) is 24.3 Å². The third-order valence-electron chi connectivity index (χ3n) is 4.07. The van der Waals surface area contributed by atoms with Crippen LogP contribution in [0.4, 0.5) is 0 Å². The minimum absolute atomic E-state index is 0.277. The van der Waals surface area contributed by atoms with E-state index in [4.69, 9.17) is 11.6 Å². The number of aromatic carboxylic acids is 1. The van der Waals surface area contributed by atoms with Crippen LogP contribution in [0, 0.1) is 0 Å². The largest absolute Gasteiger partial charge is 0.478 e. The number of thiophene rings is 1. The van der Waals surface area contributed by atoms with Gasteiger partial charge in [-0.1, -0.05) is 31.5 Å². The molecule has 0 radical (unpaired) electrons. The molecular weight excluding hydrogens is 330 g/mol. The minimum atomic E-state index is -0.942. The van der Waals surface area contributed by atoms with Crippen LogP contribution < -0.4 is 0 Å². The first-order valence-electron chi connectivity index (χ1n) is 7.43. The number of carbonyl (C=O) groups is 1. The summed E-state index contributed by atoms with van der Waals surface area (Å²) in [6, 6.07) is 11.2. The van der Waals surface area contributed by atoms with Gasteiger partial charge in [-0.2, -0.15) is 0 Å².